The molecule has 1 heterocycles. The van der Waals surface area contributed by atoms with Crippen LogP contribution in [-0.4, -0.2) is 41.5 Å². The molecule has 1 aliphatic heterocycles. The topological polar surface area (TPSA) is 49.3 Å². The van der Waals surface area contributed by atoms with E-state index in [1.54, 1.807) is 0 Å². The number of fused-ring (bicyclic) bond motifs is 1. The van der Waals surface area contributed by atoms with Gasteiger partial charge in [-0.05, 0) is 53.7 Å². The lowest BCUT2D eigenvalue weighted by Gasteiger charge is -2.46. The molecule has 0 aromatic heterocycles. The van der Waals surface area contributed by atoms with Gasteiger partial charge in [0.15, 0.2) is 6.67 Å². The largest absolute Gasteiger partial charge is 0.490 e. The van der Waals surface area contributed by atoms with Gasteiger partial charge in [0.25, 0.3) is 0 Å². The van der Waals surface area contributed by atoms with E-state index >= 15 is 0 Å². The molecule has 1 aromatic carbocycles. The van der Waals surface area contributed by atoms with Gasteiger partial charge in [0.2, 0.25) is 0 Å². The Hall–Kier alpha value is -0.800. The number of carbonyl (C=O) groups is 1. The summed E-state index contributed by atoms with van der Waals surface area (Å²) >= 11 is 7.28. The number of carboxylic acids is 1. The van der Waals surface area contributed by atoms with Crippen molar-refractivity contribution in [2.45, 2.75) is 50.9 Å². The highest BCUT2D eigenvalue weighted by atomic mass is 79.9. The number of carboxylic acid groups (broad SMARTS) is 1. The summed E-state index contributed by atoms with van der Waals surface area (Å²) in [7, 11) is 2.42. The van der Waals surface area contributed by atoms with Crippen LogP contribution in [-0.2, 0) is 11.3 Å². The van der Waals surface area contributed by atoms with Crippen LogP contribution in [0.3, 0.4) is 0 Å². The van der Waals surface area contributed by atoms with Crippen LogP contribution in [0.5, 0.6) is 0 Å². The molecule has 1 atom stereocenters. The van der Waals surface area contributed by atoms with Crippen LogP contribution in [0.1, 0.15) is 37.7 Å². The van der Waals surface area contributed by atoms with Crippen LogP contribution >= 0.6 is 31.9 Å². The number of nitrogens with zero attached hydrogens (tertiary/aromatic N) is 1. The fourth-order valence-electron chi connectivity index (χ4n) is 3.62. The lowest BCUT2D eigenvalue weighted by Crippen LogP contribution is -2.56. The molecule has 1 saturated carbocycles. The van der Waals surface area contributed by atoms with E-state index in [4.69, 9.17) is 9.90 Å². The molecule has 4 nitrogen and oxygen atoms in total. The number of hydrogen-bond acceptors (Lipinski definition) is 2. The van der Waals surface area contributed by atoms with Crippen molar-refractivity contribution in [2.75, 3.05) is 19.0 Å². The van der Waals surface area contributed by atoms with Gasteiger partial charge < -0.3 is 14.9 Å². The number of alkyl halides is 3. The van der Waals surface area contributed by atoms with E-state index in [-0.39, 0.29) is 0 Å². The molecule has 1 fully saturated rings. The van der Waals surface area contributed by atoms with Gasteiger partial charge in [0.1, 0.15) is 6.54 Å². The lowest BCUT2D eigenvalue weighted by atomic mass is 9.91. The minimum atomic E-state index is -5.08. The monoisotopic (exact) mass is 501 g/mol. The number of rotatable bonds is 1. The van der Waals surface area contributed by atoms with E-state index in [1.165, 1.54) is 47.8 Å². The first-order chi connectivity index (χ1) is 12.0. The van der Waals surface area contributed by atoms with Gasteiger partial charge in [0.05, 0.1) is 18.8 Å². The molecule has 0 bridgehead atoms. The Balaban J connectivity index is 0.000000298. The van der Waals surface area contributed by atoms with E-state index in [2.05, 4.69) is 56.4 Å². The fourth-order valence-corrected chi connectivity index (χ4v) is 5.07. The minimum absolute atomic E-state index is 0.826. The standard InChI is InChI=1S/C15H21Br2N2.C2HF3O2/c1-19(13-5-3-2-4-6-13)9-11-7-12(16)8-14(17)15(11)18-10-19;3-2(4,5)1(6)7/h7-8,13,18H,2-6,9-10H2,1H3;(H,6,7)/q+1;. The van der Waals surface area contributed by atoms with Crippen LogP contribution in [0.15, 0.2) is 21.1 Å². The molecule has 2 N–H and O–H groups in total. The zero-order valence-electron chi connectivity index (χ0n) is 14.4. The minimum Gasteiger partial charge on any atom is -0.475 e. The van der Waals surface area contributed by atoms with E-state index in [0.29, 0.717) is 0 Å². The molecule has 1 aliphatic carbocycles. The predicted octanol–water partition coefficient (Wildman–Crippen LogP) is 5.51. The summed E-state index contributed by atoms with van der Waals surface area (Å²) in [4.78, 5) is 8.90. The highest BCUT2D eigenvalue weighted by Crippen LogP contribution is 2.38. The molecule has 1 aromatic rings. The van der Waals surface area contributed by atoms with Crippen molar-refractivity contribution in [3.63, 3.8) is 0 Å². The molecule has 0 amide bonds. The van der Waals surface area contributed by atoms with Crippen molar-refractivity contribution in [2.24, 2.45) is 0 Å². The third-order valence-corrected chi connectivity index (χ3v) is 6.07. The van der Waals surface area contributed by atoms with Crippen molar-refractivity contribution >= 4 is 43.5 Å². The Bertz CT molecular complexity index is 664. The first-order valence-corrected chi connectivity index (χ1v) is 9.97. The molecule has 3 rings (SSSR count). The summed E-state index contributed by atoms with van der Waals surface area (Å²) in [5.74, 6) is -2.76. The van der Waals surface area contributed by atoms with E-state index in [1.807, 2.05) is 0 Å². The maximum Gasteiger partial charge on any atom is 0.490 e. The van der Waals surface area contributed by atoms with E-state index < -0.39 is 12.1 Å². The van der Waals surface area contributed by atoms with Crippen LogP contribution in [0.4, 0.5) is 18.9 Å². The maximum atomic E-state index is 10.6. The van der Waals surface area contributed by atoms with Gasteiger partial charge in [-0.25, -0.2) is 4.79 Å². The van der Waals surface area contributed by atoms with Gasteiger partial charge >= 0.3 is 12.1 Å². The third kappa shape index (κ3) is 5.36. The smallest absolute Gasteiger partial charge is 0.475 e. The molecule has 0 saturated heterocycles. The highest BCUT2D eigenvalue weighted by Gasteiger charge is 2.38. The Labute approximate surface area is 167 Å². The summed E-state index contributed by atoms with van der Waals surface area (Å²) in [6.45, 7) is 2.20. The second-order valence-electron chi connectivity index (χ2n) is 6.99. The van der Waals surface area contributed by atoms with Crippen molar-refractivity contribution in [3.8, 4) is 0 Å². The first-order valence-electron chi connectivity index (χ1n) is 8.39. The van der Waals surface area contributed by atoms with Crippen LogP contribution in [0.25, 0.3) is 0 Å². The van der Waals surface area contributed by atoms with Crippen LogP contribution < -0.4 is 5.32 Å². The van der Waals surface area contributed by atoms with E-state index in [0.717, 1.165) is 28.2 Å². The van der Waals surface area contributed by atoms with Gasteiger partial charge in [-0.1, -0.05) is 22.4 Å². The quantitative estimate of drug-likeness (QED) is 0.498. The Morgan fingerprint density at radius 3 is 2.35 bits per heavy atom. The van der Waals surface area contributed by atoms with Crippen LogP contribution in [0.2, 0.25) is 0 Å². The molecular weight excluding hydrogens is 481 g/mol. The maximum absolute atomic E-state index is 10.6. The summed E-state index contributed by atoms with van der Waals surface area (Å²) in [6, 6.07) is 5.22. The zero-order valence-corrected chi connectivity index (χ0v) is 17.5. The van der Waals surface area contributed by atoms with E-state index in [9.17, 15) is 13.2 Å². The Morgan fingerprint density at radius 2 is 1.81 bits per heavy atom. The molecule has 9 heteroatoms. The number of quaternary nitrogens is 1. The number of anilines is 1. The summed E-state index contributed by atoms with van der Waals surface area (Å²) < 4.78 is 35.2. The molecule has 0 radical (unpaired) electrons. The van der Waals surface area contributed by atoms with Crippen molar-refractivity contribution in [1.82, 2.24) is 0 Å². The first kappa shape index (κ1) is 21.5. The molecular formula is C17H22Br2F3N2O2+. The van der Waals surface area contributed by atoms with Gasteiger partial charge in [-0.3, -0.25) is 0 Å². The number of nitrogens with one attached hydrogen (secondary N) is 1. The zero-order chi connectivity index (χ0) is 19.5. The van der Waals surface area contributed by atoms with Gasteiger partial charge in [-0.2, -0.15) is 13.2 Å². The molecule has 1 unspecified atom stereocenters. The number of benzene rings is 1. The summed E-state index contributed by atoms with van der Waals surface area (Å²) in [6.07, 6.45) is 1.95. The predicted molar refractivity (Wildman–Crippen MR) is 101 cm³/mol. The van der Waals surface area contributed by atoms with Gasteiger partial charge in [-0.15, -0.1) is 0 Å². The number of aliphatic carboxylic acids is 1. The van der Waals surface area contributed by atoms with Crippen molar-refractivity contribution < 1.29 is 27.6 Å². The van der Waals surface area contributed by atoms with Crippen LogP contribution in [0, 0.1) is 0 Å². The van der Waals surface area contributed by atoms with Crippen molar-refractivity contribution in [1.29, 1.82) is 0 Å². The molecule has 2 aliphatic rings. The average molecular weight is 503 g/mol. The highest BCUT2D eigenvalue weighted by molar-refractivity contribution is 9.11. The Morgan fingerprint density at radius 1 is 1.23 bits per heavy atom. The Kier molecular flexibility index (Phi) is 7.01. The summed E-state index contributed by atoms with van der Waals surface area (Å²) in [5.41, 5.74) is 2.72. The third-order valence-electron chi connectivity index (χ3n) is 4.98. The molecule has 146 valence electrons. The normalized spacial score (nSPS) is 23.3. The second kappa shape index (κ2) is 8.48. The molecule has 0 spiro atoms. The van der Waals surface area contributed by atoms with Gasteiger partial charge in [0, 0.05) is 14.5 Å². The van der Waals surface area contributed by atoms with Crippen molar-refractivity contribution in [3.05, 3.63) is 26.6 Å². The number of halogens is 5. The average Bonchev–Trinajstić information content (AvgIpc) is 2.54. The fraction of sp³-hybridized carbons (Fsp3) is 0.588. The lowest BCUT2D eigenvalue weighted by molar-refractivity contribution is -0.945. The SMILES string of the molecule is C[N+]1(C2CCCCC2)CNc2c(Br)cc(Br)cc2C1.O=C(O)C(F)(F)F. The molecule has 26 heavy (non-hydrogen) atoms. The second-order valence-corrected chi connectivity index (χ2v) is 8.76. The number of hydrogen-bond donors (Lipinski definition) is 2. The summed E-state index contributed by atoms with van der Waals surface area (Å²) in [5, 5.41) is 10.8.